The van der Waals surface area contributed by atoms with Gasteiger partial charge in [-0.15, -0.1) is 11.3 Å². The Kier molecular flexibility index (Phi) is 13.0. The smallest absolute Gasteiger partial charge is 0.259 e. The van der Waals surface area contributed by atoms with E-state index < -0.39 is 64.9 Å². The van der Waals surface area contributed by atoms with Gasteiger partial charge >= 0.3 is 0 Å². The summed E-state index contributed by atoms with van der Waals surface area (Å²) in [6.45, 7) is 9.69. The maximum Gasteiger partial charge on any atom is 0.259 e. The van der Waals surface area contributed by atoms with Gasteiger partial charge in [0, 0.05) is 41.9 Å². The summed E-state index contributed by atoms with van der Waals surface area (Å²) in [7, 11) is 1.49. The number of Topliss-reactive ketones (excluding diaryl/α,β-unsaturated/α-hetero) is 2. The predicted molar refractivity (Wildman–Crippen MR) is 203 cm³/mol. The van der Waals surface area contributed by atoms with Gasteiger partial charge in [0.05, 0.1) is 31.1 Å². The first-order chi connectivity index (χ1) is 25.7. The van der Waals surface area contributed by atoms with Gasteiger partial charge in [0.25, 0.3) is 11.7 Å². The summed E-state index contributed by atoms with van der Waals surface area (Å²) < 4.78 is 11.3. The first-order valence-electron chi connectivity index (χ1n) is 18.2. The molecule has 54 heavy (non-hydrogen) atoms. The lowest BCUT2D eigenvalue weighted by atomic mass is 9.85. The number of carbonyl (C=O) groups is 6. The number of nitrogens with zero attached hydrogens (tertiary/aromatic N) is 2. The molecular formula is C40H49N5O8S. The molecule has 2 aromatic carbocycles. The molecule has 2 aliphatic heterocycles. The van der Waals surface area contributed by atoms with Crippen LogP contribution in [0.5, 0.6) is 5.75 Å². The lowest BCUT2D eigenvalue weighted by Crippen LogP contribution is -2.59. The number of carbonyl (C=O) groups excluding carboxylic acids is 6. The van der Waals surface area contributed by atoms with E-state index in [4.69, 9.17) is 9.47 Å². The Morgan fingerprint density at radius 3 is 2.44 bits per heavy atom. The van der Waals surface area contributed by atoms with Crippen LogP contribution in [0.3, 0.4) is 0 Å². The quantitative estimate of drug-likeness (QED) is 0.161. The summed E-state index contributed by atoms with van der Waals surface area (Å²) in [5.74, 6) is -3.85. The summed E-state index contributed by atoms with van der Waals surface area (Å²) in [6, 6.07) is 12.3. The van der Waals surface area contributed by atoms with E-state index in [1.807, 2.05) is 65.0 Å². The molecule has 14 heteroatoms. The Balaban J connectivity index is 1.41. The Labute approximate surface area is 319 Å². The molecule has 2 fully saturated rings. The van der Waals surface area contributed by atoms with Crippen molar-refractivity contribution in [1.82, 2.24) is 25.8 Å². The summed E-state index contributed by atoms with van der Waals surface area (Å²) in [5.41, 5.74) is 0.825. The third-order valence-electron chi connectivity index (χ3n) is 9.58. The second kappa shape index (κ2) is 17.5. The van der Waals surface area contributed by atoms with Gasteiger partial charge in [-0.25, -0.2) is 4.98 Å². The van der Waals surface area contributed by atoms with Crippen LogP contribution in [-0.2, 0) is 23.9 Å². The predicted octanol–water partition coefficient (Wildman–Crippen LogP) is 4.21. The van der Waals surface area contributed by atoms with Gasteiger partial charge in [-0.1, -0.05) is 57.2 Å². The minimum absolute atomic E-state index is 0.0333. The maximum atomic E-state index is 14.5. The molecule has 3 aromatic rings. The summed E-state index contributed by atoms with van der Waals surface area (Å²) in [6.07, 6.45) is 0.436. The number of amides is 4. The molecule has 3 N–H and O–H groups in total. The van der Waals surface area contributed by atoms with Crippen LogP contribution in [0.1, 0.15) is 80.5 Å². The van der Waals surface area contributed by atoms with Crippen molar-refractivity contribution in [1.29, 1.82) is 0 Å². The normalized spacial score (nSPS) is 19.8. The number of thiazole rings is 1. The first-order valence-corrected chi connectivity index (χ1v) is 19.1. The molecule has 3 heterocycles. The first kappa shape index (κ1) is 40.2. The molecule has 2 aliphatic rings. The molecule has 2 saturated heterocycles. The van der Waals surface area contributed by atoms with E-state index in [0.29, 0.717) is 36.4 Å². The molecule has 0 saturated carbocycles. The largest absolute Gasteiger partial charge is 0.497 e. The van der Waals surface area contributed by atoms with Crippen molar-refractivity contribution in [3.8, 4) is 17.0 Å². The number of hydrogen-bond acceptors (Lipinski definition) is 10. The number of methoxy groups -OCH3 is 1. The van der Waals surface area contributed by atoms with E-state index in [2.05, 4.69) is 20.9 Å². The molecule has 5 atom stereocenters. The molecule has 0 spiro atoms. The van der Waals surface area contributed by atoms with Crippen LogP contribution in [0, 0.1) is 11.3 Å². The fourth-order valence-electron chi connectivity index (χ4n) is 6.79. The highest BCUT2D eigenvalue weighted by atomic mass is 32.1. The highest BCUT2D eigenvalue weighted by molar-refractivity contribution is 7.13. The van der Waals surface area contributed by atoms with Gasteiger partial charge < -0.3 is 30.3 Å². The van der Waals surface area contributed by atoms with Crippen molar-refractivity contribution in [2.75, 3.05) is 20.2 Å². The average Bonchev–Trinajstić information content (AvgIpc) is 3.81. The molecule has 13 nitrogen and oxygen atoms in total. The lowest BCUT2D eigenvalue weighted by Gasteiger charge is -2.35. The molecule has 0 aliphatic carbocycles. The standard InChI is InChI=1S/C40H49N5O8S/c1-23(2)53-28-20-31(45(21-28)39(51)34(40(3,4)5)44-36(49)25-14-10-16-27(18-25)52-6)37(50)42-29(19-26-15-11-17-41-35(26)48)32(46)33(47)38-43-30(22-54-38)24-12-8-7-9-13-24/h7-10,12-14,16,18,22-23,26,28-29,31,34H,11,15,17,19-21H2,1-6H3,(H,41,48)(H,42,50)(H,44,49)/t26?,28-,29?,31+,34-/m1/s1. The molecule has 288 valence electrons. The van der Waals surface area contributed by atoms with Crippen LogP contribution >= 0.6 is 11.3 Å². The van der Waals surface area contributed by atoms with Crippen LogP contribution in [-0.4, -0.2) is 95.6 Å². The molecule has 1 aromatic heterocycles. The fraction of sp³-hybridized carbons (Fsp3) is 0.475. The van der Waals surface area contributed by atoms with Crippen LogP contribution in [0.2, 0.25) is 0 Å². The zero-order valence-electron chi connectivity index (χ0n) is 31.5. The topological polar surface area (TPSA) is 173 Å². The lowest BCUT2D eigenvalue weighted by molar-refractivity contribution is -0.142. The number of piperidine rings is 1. The highest BCUT2D eigenvalue weighted by Crippen LogP contribution is 2.29. The molecule has 5 rings (SSSR count). The zero-order valence-corrected chi connectivity index (χ0v) is 32.4. The Morgan fingerprint density at radius 2 is 1.78 bits per heavy atom. The fourth-order valence-corrected chi connectivity index (χ4v) is 7.56. The third-order valence-corrected chi connectivity index (χ3v) is 10.4. The van der Waals surface area contributed by atoms with E-state index in [9.17, 15) is 28.8 Å². The van der Waals surface area contributed by atoms with Crippen LogP contribution in [0.25, 0.3) is 11.3 Å². The van der Waals surface area contributed by atoms with E-state index in [0.717, 1.165) is 16.9 Å². The second-order valence-electron chi connectivity index (χ2n) is 15.1. The zero-order chi connectivity index (χ0) is 39.2. The van der Waals surface area contributed by atoms with Crippen molar-refractivity contribution in [2.45, 2.75) is 90.6 Å². The average molecular weight is 760 g/mol. The van der Waals surface area contributed by atoms with E-state index in [-0.39, 0.29) is 36.4 Å². The minimum Gasteiger partial charge on any atom is -0.497 e. The van der Waals surface area contributed by atoms with Gasteiger partial charge in [-0.2, -0.15) is 0 Å². The number of benzene rings is 2. The number of nitrogens with one attached hydrogen (secondary N) is 3. The van der Waals surface area contributed by atoms with Crippen molar-refractivity contribution >= 4 is 46.5 Å². The number of hydrogen-bond donors (Lipinski definition) is 3. The number of ketones is 2. The molecule has 0 bridgehead atoms. The number of aromatic nitrogens is 1. The van der Waals surface area contributed by atoms with Crippen molar-refractivity contribution < 1.29 is 38.2 Å². The van der Waals surface area contributed by atoms with Gasteiger partial charge in [0.1, 0.15) is 17.8 Å². The number of rotatable bonds is 14. The number of ether oxygens (including phenoxy) is 2. The van der Waals surface area contributed by atoms with Gasteiger partial charge in [0.2, 0.25) is 23.5 Å². The molecule has 4 amide bonds. The highest BCUT2D eigenvalue weighted by Gasteiger charge is 2.46. The van der Waals surface area contributed by atoms with Gasteiger partial charge in [-0.3, -0.25) is 28.8 Å². The van der Waals surface area contributed by atoms with Crippen molar-refractivity contribution in [2.24, 2.45) is 11.3 Å². The van der Waals surface area contributed by atoms with Crippen LogP contribution < -0.4 is 20.7 Å². The molecule has 0 radical (unpaired) electrons. The van der Waals surface area contributed by atoms with Gasteiger partial charge in [-0.05, 0) is 56.7 Å². The number of likely N-dealkylation sites (tertiary alicyclic amines) is 1. The summed E-state index contributed by atoms with van der Waals surface area (Å²) >= 11 is 1.03. The van der Waals surface area contributed by atoms with Crippen LogP contribution in [0.4, 0.5) is 0 Å². The van der Waals surface area contributed by atoms with E-state index >= 15 is 0 Å². The Hall–Kier alpha value is -4.95. The van der Waals surface area contributed by atoms with Crippen molar-refractivity contribution in [3.05, 3.63) is 70.5 Å². The van der Waals surface area contributed by atoms with E-state index in [1.165, 1.54) is 12.0 Å². The Bertz CT molecular complexity index is 1860. The SMILES string of the molecule is COc1cccc(C(=O)N[C@H](C(=O)N2C[C@H](OC(C)C)C[C@H]2C(=O)NC(CC2CCCNC2=O)C(=O)C(=O)c2nc(-c3ccccc3)cs2)C(C)(C)C)c1. The third kappa shape index (κ3) is 9.77. The summed E-state index contributed by atoms with van der Waals surface area (Å²) in [4.78, 5) is 88.6. The molecular weight excluding hydrogens is 711 g/mol. The monoisotopic (exact) mass is 759 g/mol. The minimum atomic E-state index is -1.36. The van der Waals surface area contributed by atoms with Crippen molar-refractivity contribution in [3.63, 3.8) is 0 Å². The molecule has 2 unspecified atom stereocenters. The van der Waals surface area contributed by atoms with Gasteiger partial charge in [0.15, 0.2) is 5.01 Å². The summed E-state index contributed by atoms with van der Waals surface area (Å²) in [5, 5.41) is 10.1. The Morgan fingerprint density at radius 1 is 1.04 bits per heavy atom. The maximum absolute atomic E-state index is 14.5. The second-order valence-corrected chi connectivity index (χ2v) is 15.9. The van der Waals surface area contributed by atoms with E-state index in [1.54, 1.807) is 29.6 Å². The van der Waals surface area contributed by atoms with Crippen LogP contribution in [0.15, 0.2) is 60.0 Å².